The lowest BCUT2D eigenvalue weighted by Crippen LogP contribution is -2.27. The molecule has 0 saturated carbocycles. The fourth-order valence-corrected chi connectivity index (χ4v) is 0.868. The minimum atomic E-state index is -1.14. The number of rotatable bonds is 1. The third-order valence-corrected chi connectivity index (χ3v) is 1.44. The molecule has 0 heterocycles. The number of ether oxygens (including phenoxy) is 1. The van der Waals surface area contributed by atoms with Crippen molar-refractivity contribution in [1.82, 2.24) is 0 Å². The SMILES string of the molecule is NC(=O)C(=O)Oc1cccc(Cl)c1. The molecule has 0 bridgehead atoms. The summed E-state index contributed by atoms with van der Waals surface area (Å²) in [4.78, 5) is 21.0. The van der Waals surface area contributed by atoms with Gasteiger partial charge in [0.25, 0.3) is 0 Å². The Morgan fingerprint density at radius 2 is 2.08 bits per heavy atom. The first kappa shape index (κ1) is 9.54. The van der Waals surface area contributed by atoms with E-state index in [0.717, 1.165) is 0 Å². The van der Waals surface area contributed by atoms with Gasteiger partial charge in [-0.3, -0.25) is 4.79 Å². The molecule has 0 saturated heterocycles. The van der Waals surface area contributed by atoms with Crippen molar-refractivity contribution in [2.45, 2.75) is 0 Å². The molecule has 0 atom stereocenters. The van der Waals surface area contributed by atoms with Crippen molar-refractivity contribution in [1.29, 1.82) is 0 Å². The molecule has 13 heavy (non-hydrogen) atoms. The van der Waals surface area contributed by atoms with Gasteiger partial charge in [0.15, 0.2) is 0 Å². The molecule has 0 unspecified atom stereocenters. The molecule has 0 aliphatic rings. The Bertz CT molecular complexity index is 351. The Kier molecular flexibility index (Phi) is 2.87. The molecule has 2 N–H and O–H groups in total. The molecule has 5 heteroatoms. The van der Waals surface area contributed by atoms with Gasteiger partial charge in [-0.2, -0.15) is 0 Å². The molecular weight excluding hydrogens is 194 g/mol. The van der Waals surface area contributed by atoms with Crippen LogP contribution in [0.1, 0.15) is 0 Å². The highest BCUT2D eigenvalue weighted by Crippen LogP contribution is 2.16. The van der Waals surface area contributed by atoms with Crippen LogP contribution in [-0.4, -0.2) is 11.9 Å². The van der Waals surface area contributed by atoms with Crippen LogP contribution in [-0.2, 0) is 9.59 Å². The predicted molar refractivity (Wildman–Crippen MR) is 46.3 cm³/mol. The zero-order chi connectivity index (χ0) is 9.84. The predicted octanol–water partition coefficient (Wildman–Crippen LogP) is 0.731. The number of hydrogen-bond donors (Lipinski definition) is 1. The molecule has 1 aromatic rings. The third kappa shape index (κ3) is 2.76. The van der Waals surface area contributed by atoms with E-state index in [0.29, 0.717) is 5.02 Å². The van der Waals surface area contributed by atoms with Crippen LogP contribution in [0.15, 0.2) is 24.3 Å². The summed E-state index contributed by atoms with van der Waals surface area (Å²) >= 11 is 5.60. The molecule has 0 aliphatic heterocycles. The standard InChI is InChI=1S/C8H6ClNO3/c9-5-2-1-3-6(4-5)13-8(12)7(10)11/h1-4H,(H2,10,11). The zero-order valence-electron chi connectivity index (χ0n) is 6.49. The molecule has 68 valence electrons. The second-order valence-electron chi connectivity index (χ2n) is 2.21. The number of benzene rings is 1. The van der Waals surface area contributed by atoms with Crippen molar-refractivity contribution in [3.63, 3.8) is 0 Å². The first-order valence-corrected chi connectivity index (χ1v) is 3.74. The molecule has 1 amide bonds. The van der Waals surface area contributed by atoms with Crippen LogP contribution in [0.5, 0.6) is 5.75 Å². The molecule has 1 aromatic carbocycles. The van der Waals surface area contributed by atoms with E-state index >= 15 is 0 Å². The van der Waals surface area contributed by atoms with Crippen molar-refractivity contribution >= 4 is 23.5 Å². The number of nitrogens with two attached hydrogens (primary N) is 1. The number of amides is 1. The van der Waals surface area contributed by atoms with Gasteiger partial charge in [-0.1, -0.05) is 17.7 Å². The first-order valence-electron chi connectivity index (χ1n) is 3.37. The van der Waals surface area contributed by atoms with Crippen LogP contribution < -0.4 is 10.5 Å². The monoisotopic (exact) mass is 199 g/mol. The summed E-state index contributed by atoms with van der Waals surface area (Å²) in [6.07, 6.45) is 0. The Hall–Kier alpha value is -1.55. The van der Waals surface area contributed by atoms with Crippen LogP contribution >= 0.6 is 11.6 Å². The van der Waals surface area contributed by atoms with Gasteiger partial charge >= 0.3 is 11.9 Å². The van der Waals surface area contributed by atoms with Gasteiger partial charge in [-0.25, -0.2) is 4.79 Å². The molecule has 0 aromatic heterocycles. The lowest BCUT2D eigenvalue weighted by atomic mass is 10.3. The number of hydrogen-bond acceptors (Lipinski definition) is 3. The van der Waals surface area contributed by atoms with Gasteiger partial charge in [0, 0.05) is 5.02 Å². The van der Waals surface area contributed by atoms with Gasteiger partial charge < -0.3 is 10.5 Å². The molecule has 0 radical (unpaired) electrons. The van der Waals surface area contributed by atoms with Crippen LogP contribution in [0, 0.1) is 0 Å². The van der Waals surface area contributed by atoms with Gasteiger partial charge in [-0.15, -0.1) is 0 Å². The fourth-order valence-electron chi connectivity index (χ4n) is 0.688. The minimum absolute atomic E-state index is 0.191. The fraction of sp³-hybridized carbons (Fsp3) is 0. The first-order chi connectivity index (χ1) is 6.09. The van der Waals surface area contributed by atoms with Crippen LogP contribution in [0.2, 0.25) is 5.02 Å². The molecular formula is C8H6ClNO3. The maximum absolute atomic E-state index is 10.7. The summed E-state index contributed by atoms with van der Waals surface area (Å²) < 4.78 is 4.56. The number of halogens is 1. The smallest absolute Gasteiger partial charge is 0.401 e. The highest BCUT2D eigenvalue weighted by Gasteiger charge is 2.11. The average Bonchev–Trinajstić information content (AvgIpc) is 2.04. The minimum Gasteiger partial charge on any atom is -0.419 e. The van der Waals surface area contributed by atoms with Gasteiger partial charge in [0.1, 0.15) is 5.75 Å². The topological polar surface area (TPSA) is 69.4 Å². The summed E-state index contributed by atoms with van der Waals surface area (Å²) in [6, 6.07) is 6.10. The van der Waals surface area contributed by atoms with Crippen LogP contribution in [0.3, 0.4) is 0 Å². The van der Waals surface area contributed by atoms with E-state index in [1.165, 1.54) is 12.1 Å². The highest BCUT2D eigenvalue weighted by molar-refractivity contribution is 6.32. The van der Waals surface area contributed by atoms with Crippen LogP contribution in [0.25, 0.3) is 0 Å². The van der Waals surface area contributed by atoms with E-state index in [4.69, 9.17) is 11.6 Å². The Morgan fingerprint density at radius 3 is 2.62 bits per heavy atom. The van der Waals surface area contributed by atoms with Crippen molar-refractivity contribution in [2.24, 2.45) is 5.73 Å². The summed E-state index contributed by atoms with van der Waals surface area (Å²) in [5.41, 5.74) is 4.68. The maximum atomic E-state index is 10.7. The van der Waals surface area contributed by atoms with Gasteiger partial charge in [0.05, 0.1) is 0 Å². The highest BCUT2D eigenvalue weighted by atomic mass is 35.5. The Labute approximate surface area is 79.2 Å². The van der Waals surface area contributed by atoms with Gasteiger partial charge in [0.2, 0.25) is 0 Å². The normalized spacial score (nSPS) is 9.31. The van der Waals surface area contributed by atoms with Crippen molar-refractivity contribution in [3.8, 4) is 5.75 Å². The second kappa shape index (κ2) is 3.91. The number of carbonyl (C=O) groups excluding carboxylic acids is 2. The Morgan fingerprint density at radius 1 is 1.38 bits per heavy atom. The average molecular weight is 200 g/mol. The molecule has 1 rings (SSSR count). The summed E-state index contributed by atoms with van der Waals surface area (Å²) in [7, 11) is 0. The zero-order valence-corrected chi connectivity index (χ0v) is 7.25. The summed E-state index contributed by atoms with van der Waals surface area (Å²) in [5, 5.41) is 0.412. The quantitative estimate of drug-likeness (QED) is 0.412. The summed E-state index contributed by atoms with van der Waals surface area (Å²) in [6.45, 7) is 0. The maximum Gasteiger partial charge on any atom is 0.401 e. The van der Waals surface area contributed by atoms with E-state index in [-0.39, 0.29) is 5.75 Å². The Balaban J connectivity index is 2.75. The van der Waals surface area contributed by atoms with E-state index in [2.05, 4.69) is 10.5 Å². The lowest BCUT2D eigenvalue weighted by Gasteiger charge is -2.00. The van der Waals surface area contributed by atoms with E-state index in [9.17, 15) is 9.59 Å². The molecule has 0 spiro atoms. The van der Waals surface area contributed by atoms with Crippen molar-refractivity contribution in [2.75, 3.05) is 0 Å². The largest absolute Gasteiger partial charge is 0.419 e. The van der Waals surface area contributed by atoms with E-state index in [1.54, 1.807) is 12.1 Å². The number of carbonyl (C=O) groups is 2. The number of esters is 1. The lowest BCUT2D eigenvalue weighted by molar-refractivity contribution is -0.146. The summed E-state index contributed by atoms with van der Waals surface area (Å²) in [5.74, 6) is -2.06. The van der Waals surface area contributed by atoms with Crippen LogP contribution in [0.4, 0.5) is 0 Å². The van der Waals surface area contributed by atoms with Crippen molar-refractivity contribution in [3.05, 3.63) is 29.3 Å². The molecule has 4 nitrogen and oxygen atoms in total. The van der Waals surface area contributed by atoms with E-state index in [1.807, 2.05) is 0 Å². The van der Waals surface area contributed by atoms with E-state index < -0.39 is 11.9 Å². The second-order valence-corrected chi connectivity index (χ2v) is 2.65. The molecule has 0 fully saturated rings. The number of primary amides is 1. The van der Waals surface area contributed by atoms with Gasteiger partial charge in [-0.05, 0) is 18.2 Å². The van der Waals surface area contributed by atoms with Crippen molar-refractivity contribution < 1.29 is 14.3 Å². The molecule has 0 aliphatic carbocycles. The third-order valence-electron chi connectivity index (χ3n) is 1.21.